The summed E-state index contributed by atoms with van der Waals surface area (Å²) in [6.07, 6.45) is 3.65. The van der Waals surface area contributed by atoms with Gasteiger partial charge in [-0.15, -0.1) is 0 Å². The smallest absolute Gasteiger partial charge is 0.205 e. The van der Waals surface area contributed by atoms with Crippen LogP contribution in [0.25, 0.3) is 0 Å². The van der Waals surface area contributed by atoms with Gasteiger partial charge >= 0.3 is 0 Å². The van der Waals surface area contributed by atoms with Gasteiger partial charge in [0.05, 0.1) is 18.3 Å². The third kappa shape index (κ3) is 2.61. The molecule has 1 saturated heterocycles. The number of anilines is 1. The lowest BCUT2D eigenvalue weighted by Crippen LogP contribution is -2.54. The molecular weight excluding hydrogens is 218 g/mol. The molecule has 17 heavy (non-hydrogen) atoms. The number of aromatic nitrogens is 2. The van der Waals surface area contributed by atoms with Crippen LogP contribution < -0.4 is 4.90 Å². The standard InChI is InChI=1S/C12H21N3O2/c1-4-14-6-5-13-11(14)15-7-10(8-16)17-12(2,3)9-15/h5-6,10,16H,4,7-9H2,1-3H3. The number of hydrogen-bond acceptors (Lipinski definition) is 4. The van der Waals surface area contributed by atoms with E-state index < -0.39 is 0 Å². The van der Waals surface area contributed by atoms with Crippen molar-refractivity contribution in [3.05, 3.63) is 12.4 Å². The van der Waals surface area contributed by atoms with Gasteiger partial charge in [-0.25, -0.2) is 4.98 Å². The van der Waals surface area contributed by atoms with Crippen LogP contribution in [0.4, 0.5) is 5.95 Å². The fraction of sp³-hybridized carbons (Fsp3) is 0.750. The first kappa shape index (κ1) is 12.4. The van der Waals surface area contributed by atoms with Crippen LogP contribution >= 0.6 is 0 Å². The Hall–Kier alpha value is -1.07. The summed E-state index contributed by atoms with van der Waals surface area (Å²) < 4.78 is 7.90. The van der Waals surface area contributed by atoms with Crippen molar-refractivity contribution in [1.29, 1.82) is 0 Å². The lowest BCUT2D eigenvalue weighted by molar-refractivity contribution is -0.101. The van der Waals surface area contributed by atoms with Gasteiger partial charge in [0.2, 0.25) is 5.95 Å². The van der Waals surface area contributed by atoms with E-state index in [-0.39, 0.29) is 18.3 Å². The Kier molecular flexibility index (Phi) is 3.40. The number of ether oxygens (including phenoxy) is 1. The quantitative estimate of drug-likeness (QED) is 0.850. The molecule has 0 radical (unpaired) electrons. The number of aliphatic hydroxyl groups is 1. The topological polar surface area (TPSA) is 50.5 Å². The summed E-state index contributed by atoms with van der Waals surface area (Å²) in [5, 5.41) is 9.29. The number of aryl methyl sites for hydroxylation is 1. The lowest BCUT2D eigenvalue weighted by atomic mass is 10.1. The molecule has 2 rings (SSSR count). The van der Waals surface area contributed by atoms with Gasteiger partial charge < -0.3 is 19.3 Å². The van der Waals surface area contributed by atoms with E-state index in [0.717, 1.165) is 19.0 Å². The normalized spacial score (nSPS) is 24.0. The molecule has 1 N–H and O–H groups in total. The minimum Gasteiger partial charge on any atom is -0.394 e. The van der Waals surface area contributed by atoms with Crippen molar-refractivity contribution in [3.63, 3.8) is 0 Å². The summed E-state index contributed by atoms with van der Waals surface area (Å²) >= 11 is 0. The van der Waals surface area contributed by atoms with Gasteiger partial charge in [0.15, 0.2) is 0 Å². The molecule has 1 fully saturated rings. The van der Waals surface area contributed by atoms with Crippen LogP contribution in [0, 0.1) is 0 Å². The maximum atomic E-state index is 9.29. The summed E-state index contributed by atoms with van der Waals surface area (Å²) in [7, 11) is 0. The second-order valence-electron chi connectivity index (χ2n) is 5.08. The van der Waals surface area contributed by atoms with Gasteiger partial charge in [0, 0.05) is 32.0 Å². The Morgan fingerprint density at radius 1 is 1.59 bits per heavy atom. The number of hydrogen-bond donors (Lipinski definition) is 1. The molecule has 0 aliphatic carbocycles. The average Bonchev–Trinajstić information content (AvgIpc) is 2.74. The molecular formula is C12H21N3O2. The third-order valence-electron chi connectivity index (χ3n) is 3.00. The predicted molar refractivity (Wildman–Crippen MR) is 66.2 cm³/mol. The first-order valence-electron chi connectivity index (χ1n) is 6.10. The molecule has 0 aromatic carbocycles. The van der Waals surface area contributed by atoms with E-state index in [1.54, 1.807) is 0 Å². The molecule has 1 aliphatic heterocycles. The molecule has 1 aromatic heterocycles. The Morgan fingerprint density at radius 2 is 2.35 bits per heavy atom. The summed E-state index contributed by atoms with van der Waals surface area (Å²) in [5.74, 6) is 0.960. The number of morpholine rings is 1. The molecule has 2 heterocycles. The SMILES string of the molecule is CCn1ccnc1N1CC(CO)OC(C)(C)C1. The monoisotopic (exact) mass is 239 g/mol. The van der Waals surface area contributed by atoms with Crippen LogP contribution in [-0.4, -0.2) is 46.1 Å². The third-order valence-corrected chi connectivity index (χ3v) is 3.00. The van der Waals surface area contributed by atoms with Crippen LogP contribution in [-0.2, 0) is 11.3 Å². The van der Waals surface area contributed by atoms with Gasteiger partial charge in [-0.1, -0.05) is 0 Å². The highest BCUT2D eigenvalue weighted by atomic mass is 16.5. The lowest BCUT2D eigenvalue weighted by Gasteiger charge is -2.42. The molecule has 0 bridgehead atoms. The van der Waals surface area contributed by atoms with E-state index in [1.807, 2.05) is 26.2 Å². The molecule has 5 heteroatoms. The Bertz CT molecular complexity index is 376. The molecule has 96 valence electrons. The second-order valence-corrected chi connectivity index (χ2v) is 5.08. The summed E-state index contributed by atoms with van der Waals surface area (Å²) in [4.78, 5) is 6.59. The van der Waals surface area contributed by atoms with Crippen LogP contribution in [0.1, 0.15) is 20.8 Å². The Labute approximate surface area is 102 Å². The maximum Gasteiger partial charge on any atom is 0.205 e. The highest BCUT2D eigenvalue weighted by Gasteiger charge is 2.34. The van der Waals surface area contributed by atoms with Crippen molar-refractivity contribution in [2.24, 2.45) is 0 Å². The van der Waals surface area contributed by atoms with Crippen molar-refractivity contribution >= 4 is 5.95 Å². The van der Waals surface area contributed by atoms with Crippen LogP contribution in [0.2, 0.25) is 0 Å². The fourth-order valence-corrected chi connectivity index (χ4v) is 2.37. The van der Waals surface area contributed by atoms with Crippen molar-refractivity contribution in [3.8, 4) is 0 Å². The van der Waals surface area contributed by atoms with E-state index >= 15 is 0 Å². The molecule has 1 aromatic rings. The Balaban J connectivity index is 2.20. The number of imidazole rings is 1. The number of nitrogens with zero attached hydrogens (tertiary/aromatic N) is 3. The van der Waals surface area contributed by atoms with Crippen LogP contribution in [0.3, 0.4) is 0 Å². The zero-order valence-corrected chi connectivity index (χ0v) is 10.8. The molecule has 0 amide bonds. The summed E-state index contributed by atoms with van der Waals surface area (Å²) in [5.41, 5.74) is -0.254. The zero-order chi connectivity index (χ0) is 12.5. The predicted octanol–water partition coefficient (Wildman–Crippen LogP) is 0.879. The molecule has 1 aliphatic rings. The van der Waals surface area contributed by atoms with Crippen molar-refractivity contribution in [2.75, 3.05) is 24.6 Å². The first-order valence-corrected chi connectivity index (χ1v) is 6.10. The van der Waals surface area contributed by atoms with E-state index in [9.17, 15) is 5.11 Å². The first-order chi connectivity index (χ1) is 8.05. The van der Waals surface area contributed by atoms with E-state index in [2.05, 4.69) is 21.4 Å². The van der Waals surface area contributed by atoms with E-state index in [0.29, 0.717) is 6.54 Å². The molecule has 5 nitrogen and oxygen atoms in total. The highest BCUT2D eigenvalue weighted by Crippen LogP contribution is 2.24. The van der Waals surface area contributed by atoms with Gasteiger partial charge in [0.1, 0.15) is 0 Å². The van der Waals surface area contributed by atoms with Gasteiger partial charge in [-0.3, -0.25) is 0 Å². The summed E-state index contributed by atoms with van der Waals surface area (Å²) in [6.45, 7) is 8.61. The van der Waals surface area contributed by atoms with Crippen molar-refractivity contribution in [2.45, 2.75) is 39.0 Å². The molecule has 1 unspecified atom stereocenters. The molecule has 0 saturated carbocycles. The maximum absolute atomic E-state index is 9.29. The van der Waals surface area contributed by atoms with Crippen molar-refractivity contribution in [1.82, 2.24) is 9.55 Å². The van der Waals surface area contributed by atoms with Gasteiger partial charge in [0.25, 0.3) is 0 Å². The van der Waals surface area contributed by atoms with E-state index in [1.165, 1.54) is 0 Å². The molecule has 1 atom stereocenters. The second kappa shape index (κ2) is 4.66. The molecule has 0 spiro atoms. The fourth-order valence-electron chi connectivity index (χ4n) is 2.37. The zero-order valence-electron chi connectivity index (χ0n) is 10.8. The number of rotatable bonds is 3. The summed E-state index contributed by atoms with van der Waals surface area (Å²) in [6, 6.07) is 0. The van der Waals surface area contributed by atoms with E-state index in [4.69, 9.17) is 4.74 Å². The van der Waals surface area contributed by atoms with Crippen LogP contribution in [0.15, 0.2) is 12.4 Å². The van der Waals surface area contributed by atoms with Gasteiger partial charge in [-0.05, 0) is 20.8 Å². The minimum atomic E-state index is -0.254. The number of aliphatic hydroxyl groups excluding tert-OH is 1. The van der Waals surface area contributed by atoms with Gasteiger partial charge in [-0.2, -0.15) is 0 Å². The minimum absolute atomic E-state index is 0.0484. The largest absolute Gasteiger partial charge is 0.394 e. The highest BCUT2D eigenvalue weighted by molar-refractivity contribution is 5.33. The van der Waals surface area contributed by atoms with Crippen molar-refractivity contribution < 1.29 is 9.84 Å². The Morgan fingerprint density at radius 3 is 3.00 bits per heavy atom. The van der Waals surface area contributed by atoms with Crippen LogP contribution in [0.5, 0.6) is 0 Å². The average molecular weight is 239 g/mol.